The Morgan fingerprint density at radius 2 is 2.35 bits per heavy atom. The standard InChI is InChI=1S/C9H8N4O4/c1-3(14)7-5-6(9(15)17-7)13(16)8(11)4(2-10)12-5/h3,7,11,14,16H,1H3. The third-order valence-electron chi connectivity index (χ3n) is 2.36. The fourth-order valence-corrected chi connectivity index (χ4v) is 1.57. The summed E-state index contributed by atoms with van der Waals surface area (Å²) in [5, 5.41) is 35.1. The van der Waals surface area contributed by atoms with Crippen LogP contribution in [0.3, 0.4) is 0 Å². The molecule has 0 aliphatic carbocycles. The molecule has 8 nitrogen and oxygen atoms in total. The van der Waals surface area contributed by atoms with E-state index in [0.29, 0.717) is 0 Å². The maximum Gasteiger partial charge on any atom is 0.361 e. The molecule has 1 aliphatic heterocycles. The smallest absolute Gasteiger partial charge is 0.361 e. The van der Waals surface area contributed by atoms with Gasteiger partial charge in [0.05, 0.1) is 6.10 Å². The molecule has 1 aromatic heterocycles. The molecule has 88 valence electrons. The molecular weight excluding hydrogens is 228 g/mol. The number of nitriles is 1. The second kappa shape index (κ2) is 3.57. The van der Waals surface area contributed by atoms with Gasteiger partial charge in [0.2, 0.25) is 0 Å². The first-order valence-electron chi connectivity index (χ1n) is 4.67. The zero-order valence-corrected chi connectivity index (χ0v) is 8.71. The van der Waals surface area contributed by atoms with E-state index in [0.717, 1.165) is 0 Å². The minimum atomic E-state index is -1.04. The van der Waals surface area contributed by atoms with Crippen LogP contribution in [-0.2, 0) is 4.74 Å². The number of esters is 1. The molecule has 0 amide bonds. The molecule has 0 aromatic carbocycles. The summed E-state index contributed by atoms with van der Waals surface area (Å²) in [6.45, 7) is 1.39. The minimum Gasteiger partial charge on any atom is -0.448 e. The van der Waals surface area contributed by atoms with E-state index < -0.39 is 23.7 Å². The Morgan fingerprint density at radius 3 is 2.88 bits per heavy atom. The molecule has 2 heterocycles. The van der Waals surface area contributed by atoms with Gasteiger partial charge in [-0.15, -0.1) is 0 Å². The number of fused-ring (bicyclic) bond motifs is 1. The molecule has 2 atom stereocenters. The van der Waals surface area contributed by atoms with E-state index in [-0.39, 0.29) is 21.8 Å². The van der Waals surface area contributed by atoms with E-state index >= 15 is 0 Å². The lowest BCUT2D eigenvalue weighted by Crippen LogP contribution is -2.28. The van der Waals surface area contributed by atoms with Crippen molar-refractivity contribution in [2.75, 3.05) is 0 Å². The Morgan fingerprint density at radius 1 is 1.71 bits per heavy atom. The van der Waals surface area contributed by atoms with Gasteiger partial charge in [-0.3, -0.25) is 5.41 Å². The molecule has 0 spiro atoms. The van der Waals surface area contributed by atoms with E-state index in [1.54, 1.807) is 6.07 Å². The lowest BCUT2D eigenvalue weighted by molar-refractivity contribution is -0.00461. The van der Waals surface area contributed by atoms with Crippen molar-refractivity contribution in [2.24, 2.45) is 0 Å². The Bertz CT molecular complexity index is 598. The van der Waals surface area contributed by atoms with Crippen LogP contribution in [-0.4, -0.2) is 32.1 Å². The van der Waals surface area contributed by atoms with Crippen molar-refractivity contribution < 1.29 is 19.8 Å². The summed E-state index contributed by atoms with van der Waals surface area (Å²) in [5.74, 6) is -0.890. The van der Waals surface area contributed by atoms with Gasteiger partial charge in [-0.1, -0.05) is 0 Å². The van der Waals surface area contributed by atoms with Crippen LogP contribution in [0.25, 0.3) is 0 Å². The molecule has 3 N–H and O–H groups in total. The average molecular weight is 236 g/mol. The van der Waals surface area contributed by atoms with Crippen LogP contribution < -0.4 is 5.49 Å². The molecule has 0 radical (unpaired) electrons. The highest BCUT2D eigenvalue weighted by Gasteiger charge is 2.39. The summed E-state index contributed by atoms with van der Waals surface area (Å²) in [5.41, 5.74) is -1.33. The van der Waals surface area contributed by atoms with Crippen molar-refractivity contribution in [3.63, 3.8) is 0 Å². The molecule has 0 fully saturated rings. The van der Waals surface area contributed by atoms with E-state index in [2.05, 4.69) is 4.98 Å². The van der Waals surface area contributed by atoms with Crippen LogP contribution in [0, 0.1) is 16.7 Å². The molecular formula is C9H8N4O4. The molecule has 0 saturated carbocycles. The number of carbonyl (C=O) groups is 1. The predicted molar refractivity (Wildman–Crippen MR) is 49.8 cm³/mol. The average Bonchev–Trinajstić information content (AvgIpc) is 2.61. The first-order chi connectivity index (χ1) is 7.97. The fraction of sp³-hybridized carbons (Fsp3) is 0.333. The predicted octanol–water partition coefficient (Wildman–Crippen LogP) is -0.936. The maximum atomic E-state index is 11.4. The highest BCUT2D eigenvalue weighted by molar-refractivity contribution is 5.91. The van der Waals surface area contributed by atoms with E-state index in [1.807, 2.05) is 0 Å². The molecule has 8 heteroatoms. The number of nitrogens with zero attached hydrogens (tertiary/aromatic N) is 3. The van der Waals surface area contributed by atoms with Gasteiger partial charge < -0.3 is 15.1 Å². The number of aliphatic hydroxyl groups excluding tert-OH is 1. The zero-order valence-electron chi connectivity index (χ0n) is 8.71. The van der Waals surface area contributed by atoms with Gasteiger partial charge >= 0.3 is 5.97 Å². The number of aromatic nitrogens is 2. The summed E-state index contributed by atoms with van der Waals surface area (Å²) in [7, 11) is 0. The summed E-state index contributed by atoms with van der Waals surface area (Å²) in [4.78, 5) is 15.2. The number of rotatable bonds is 1. The Kier molecular flexibility index (Phi) is 2.33. The van der Waals surface area contributed by atoms with Gasteiger partial charge in [0.1, 0.15) is 11.8 Å². The summed E-state index contributed by atoms with van der Waals surface area (Å²) in [6, 6.07) is 1.61. The van der Waals surface area contributed by atoms with Crippen molar-refractivity contribution >= 4 is 5.97 Å². The van der Waals surface area contributed by atoms with Crippen molar-refractivity contribution in [1.82, 2.24) is 9.71 Å². The first-order valence-corrected chi connectivity index (χ1v) is 4.67. The summed E-state index contributed by atoms with van der Waals surface area (Å²) < 4.78 is 5.05. The number of hydrogen-bond acceptors (Lipinski definition) is 7. The fourth-order valence-electron chi connectivity index (χ4n) is 1.57. The SMILES string of the molecule is CC(O)C1OC(=O)c2c1nc(C#N)c(=N)n2O. The summed E-state index contributed by atoms with van der Waals surface area (Å²) in [6.07, 6.45) is -2.07. The zero-order chi connectivity index (χ0) is 12.7. The van der Waals surface area contributed by atoms with E-state index in [4.69, 9.17) is 15.4 Å². The third kappa shape index (κ3) is 1.44. The first kappa shape index (κ1) is 11.1. The van der Waals surface area contributed by atoms with E-state index in [9.17, 15) is 15.1 Å². The maximum absolute atomic E-state index is 11.4. The Hall–Kier alpha value is -2.40. The highest BCUT2D eigenvalue weighted by Crippen LogP contribution is 2.30. The lowest BCUT2D eigenvalue weighted by Gasteiger charge is -2.12. The molecule has 1 aliphatic rings. The van der Waals surface area contributed by atoms with E-state index in [1.165, 1.54) is 6.92 Å². The Balaban J connectivity index is 2.76. The van der Waals surface area contributed by atoms with Crippen LogP contribution in [0.5, 0.6) is 0 Å². The minimum absolute atomic E-state index is 0.0416. The van der Waals surface area contributed by atoms with Gasteiger partial charge in [-0.05, 0) is 6.92 Å². The monoisotopic (exact) mass is 236 g/mol. The second-order valence-electron chi connectivity index (χ2n) is 3.53. The number of cyclic esters (lactones) is 1. The molecule has 1 aromatic rings. The number of nitrogens with one attached hydrogen (secondary N) is 1. The molecule has 0 bridgehead atoms. The summed E-state index contributed by atoms with van der Waals surface area (Å²) >= 11 is 0. The van der Waals surface area contributed by atoms with Crippen LogP contribution in [0.1, 0.15) is 34.9 Å². The number of hydrogen-bond donors (Lipinski definition) is 3. The van der Waals surface area contributed by atoms with Crippen molar-refractivity contribution in [1.29, 1.82) is 10.7 Å². The lowest BCUT2D eigenvalue weighted by atomic mass is 10.1. The normalized spacial score (nSPS) is 19.4. The molecule has 2 rings (SSSR count). The van der Waals surface area contributed by atoms with Crippen LogP contribution in [0.4, 0.5) is 0 Å². The van der Waals surface area contributed by atoms with Gasteiger partial charge in [-0.25, -0.2) is 9.78 Å². The number of aliphatic hydroxyl groups is 1. The van der Waals surface area contributed by atoms with Gasteiger partial charge in [0.25, 0.3) is 0 Å². The molecule has 17 heavy (non-hydrogen) atoms. The number of carbonyl (C=O) groups excluding carboxylic acids is 1. The number of ether oxygens (including phenoxy) is 1. The van der Waals surface area contributed by atoms with Crippen LogP contribution >= 0.6 is 0 Å². The van der Waals surface area contributed by atoms with Crippen molar-refractivity contribution in [3.05, 3.63) is 22.6 Å². The second-order valence-corrected chi connectivity index (χ2v) is 3.53. The van der Waals surface area contributed by atoms with Crippen molar-refractivity contribution in [2.45, 2.75) is 19.1 Å². The largest absolute Gasteiger partial charge is 0.448 e. The quantitative estimate of drug-likeness (QED) is 0.426. The molecule has 2 unspecified atom stereocenters. The van der Waals surface area contributed by atoms with Gasteiger partial charge in [0, 0.05) is 0 Å². The highest BCUT2D eigenvalue weighted by atomic mass is 16.6. The topological polar surface area (TPSA) is 132 Å². The third-order valence-corrected chi connectivity index (χ3v) is 2.36. The van der Waals surface area contributed by atoms with Crippen molar-refractivity contribution in [3.8, 4) is 6.07 Å². The van der Waals surface area contributed by atoms with Crippen LogP contribution in [0.15, 0.2) is 0 Å². The Labute approximate surface area is 94.8 Å². The van der Waals surface area contributed by atoms with Crippen LogP contribution in [0.2, 0.25) is 0 Å². The van der Waals surface area contributed by atoms with Gasteiger partial charge in [0.15, 0.2) is 23.0 Å². The molecule has 0 saturated heterocycles. The van der Waals surface area contributed by atoms with Gasteiger partial charge in [-0.2, -0.15) is 9.99 Å².